The first-order valence-electron chi connectivity index (χ1n) is 6.30. The summed E-state index contributed by atoms with van der Waals surface area (Å²) in [4.78, 5) is 11.4. The van der Waals surface area contributed by atoms with Crippen LogP contribution in [0.25, 0.3) is 0 Å². The van der Waals surface area contributed by atoms with Crippen molar-refractivity contribution in [2.24, 2.45) is 0 Å². The Bertz CT molecular complexity index is 623. The van der Waals surface area contributed by atoms with Crippen LogP contribution in [0.5, 0.6) is 0 Å². The van der Waals surface area contributed by atoms with Gasteiger partial charge in [0.1, 0.15) is 0 Å². The molecule has 0 fully saturated rings. The third kappa shape index (κ3) is 3.45. The Labute approximate surface area is 116 Å². The molecule has 1 aromatic heterocycles. The average molecular weight is 270 g/mol. The summed E-state index contributed by atoms with van der Waals surface area (Å²) in [5.41, 5.74) is 2.68. The molecule has 0 N–H and O–H groups in total. The summed E-state index contributed by atoms with van der Waals surface area (Å²) in [7, 11) is 0. The molecule has 2 rings (SSSR count). The molecular formula is C15H14N2O3. The zero-order valence-corrected chi connectivity index (χ0v) is 11.1. The van der Waals surface area contributed by atoms with Gasteiger partial charge in [0.15, 0.2) is 0 Å². The molecule has 0 atom stereocenters. The van der Waals surface area contributed by atoms with E-state index in [1.165, 1.54) is 0 Å². The molecule has 0 bridgehead atoms. The number of benzene rings is 1. The van der Waals surface area contributed by atoms with Gasteiger partial charge in [-0.25, -0.2) is 4.79 Å². The third-order valence-corrected chi connectivity index (χ3v) is 2.73. The SMILES string of the molecule is CCOC(=O)c1cc(Cc2ccc(CC#N)cc2)no1. The van der Waals surface area contributed by atoms with E-state index in [0.29, 0.717) is 25.1 Å². The Balaban J connectivity index is 2.03. The first-order chi connectivity index (χ1) is 9.72. The van der Waals surface area contributed by atoms with E-state index in [9.17, 15) is 4.79 Å². The zero-order chi connectivity index (χ0) is 14.4. The van der Waals surface area contributed by atoms with E-state index in [-0.39, 0.29) is 5.76 Å². The molecule has 0 saturated heterocycles. The highest BCUT2D eigenvalue weighted by molar-refractivity contribution is 5.86. The van der Waals surface area contributed by atoms with Crippen molar-refractivity contribution < 1.29 is 14.1 Å². The van der Waals surface area contributed by atoms with Gasteiger partial charge < -0.3 is 9.26 Å². The molecule has 0 unspecified atom stereocenters. The van der Waals surface area contributed by atoms with Gasteiger partial charge in [0.25, 0.3) is 0 Å². The van der Waals surface area contributed by atoms with Crippen LogP contribution in [0.15, 0.2) is 34.9 Å². The van der Waals surface area contributed by atoms with Gasteiger partial charge in [0.2, 0.25) is 5.76 Å². The minimum absolute atomic E-state index is 0.114. The Morgan fingerprint density at radius 2 is 2.05 bits per heavy atom. The smallest absolute Gasteiger partial charge is 0.377 e. The van der Waals surface area contributed by atoms with Crippen molar-refractivity contribution in [3.8, 4) is 6.07 Å². The molecule has 0 aliphatic rings. The molecule has 1 aromatic carbocycles. The van der Waals surface area contributed by atoms with E-state index in [2.05, 4.69) is 11.2 Å². The van der Waals surface area contributed by atoms with E-state index in [1.54, 1.807) is 13.0 Å². The van der Waals surface area contributed by atoms with Crippen molar-refractivity contribution in [1.82, 2.24) is 5.16 Å². The highest BCUT2D eigenvalue weighted by Crippen LogP contribution is 2.12. The standard InChI is InChI=1S/C15H14N2O3/c1-2-19-15(18)14-10-13(17-20-14)9-12-5-3-11(4-6-12)7-8-16/h3-6,10H,2,7,9H2,1H3. The molecule has 5 heteroatoms. The number of ether oxygens (including phenoxy) is 1. The van der Waals surface area contributed by atoms with E-state index >= 15 is 0 Å². The number of esters is 1. The minimum atomic E-state index is -0.504. The lowest BCUT2D eigenvalue weighted by molar-refractivity contribution is 0.0479. The first-order valence-corrected chi connectivity index (χ1v) is 6.30. The topological polar surface area (TPSA) is 76.1 Å². The Morgan fingerprint density at radius 1 is 1.35 bits per heavy atom. The van der Waals surface area contributed by atoms with Crippen LogP contribution in [-0.2, 0) is 17.6 Å². The van der Waals surface area contributed by atoms with Crippen molar-refractivity contribution in [2.45, 2.75) is 19.8 Å². The Hall–Kier alpha value is -2.61. The lowest BCUT2D eigenvalue weighted by atomic mass is 10.1. The number of nitriles is 1. The second kappa shape index (κ2) is 6.53. The van der Waals surface area contributed by atoms with Crippen molar-refractivity contribution in [3.63, 3.8) is 0 Å². The maximum absolute atomic E-state index is 11.4. The van der Waals surface area contributed by atoms with Crippen LogP contribution < -0.4 is 0 Å². The number of carbonyl (C=O) groups is 1. The lowest BCUT2D eigenvalue weighted by Crippen LogP contribution is -2.02. The second-order valence-corrected chi connectivity index (χ2v) is 4.23. The molecule has 0 radical (unpaired) electrons. The Kier molecular flexibility index (Phi) is 4.51. The predicted molar refractivity (Wildman–Crippen MR) is 71.0 cm³/mol. The van der Waals surface area contributed by atoms with Gasteiger partial charge in [0, 0.05) is 12.5 Å². The van der Waals surface area contributed by atoms with E-state index in [4.69, 9.17) is 14.5 Å². The van der Waals surface area contributed by atoms with Gasteiger partial charge >= 0.3 is 5.97 Å². The summed E-state index contributed by atoms with van der Waals surface area (Å²) in [6, 6.07) is 11.4. The van der Waals surface area contributed by atoms with Crippen LogP contribution in [0.3, 0.4) is 0 Å². The van der Waals surface area contributed by atoms with Crippen LogP contribution in [0.1, 0.15) is 34.3 Å². The summed E-state index contributed by atoms with van der Waals surface area (Å²) in [5, 5.41) is 12.5. The molecule has 0 amide bonds. The fourth-order valence-corrected chi connectivity index (χ4v) is 1.77. The van der Waals surface area contributed by atoms with Gasteiger partial charge in [-0.05, 0) is 18.1 Å². The van der Waals surface area contributed by atoms with E-state index < -0.39 is 5.97 Å². The number of carbonyl (C=O) groups excluding carboxylic acids is 1. The molecule has 20 heavy (non-hydrogen) atoms. The van der Waals surface area contributed by atoms with Gasteiger partial charge in [-0.1, -0.05) is 29.4 Å². The van der Waals surface area contributed by atoms with Gasteiger partial charge in [0.05, 0.1) is 24.8 Å². The van der Waals surface area contributed by atoms with Crippen LogP contribution in [0, 0.1) is 11.3 Å². The zero-order valence-electron chi connectivity index (χ0n) is 11.1. The number of rotatable bonds is 5. The van der Waals surface area contributed by atoms with Gasteiger partial charge in [-0.2, -0.15) is 5.26 Å². The monoisotopic (exact) mass is 270 g/mol. The van der Waals surface area contributed by atoms with Crippen molar-refractivity contribution in [1.29, 1.82) is 5.26 Å². The van der Waals surface area contributed by atoms with Crippen LogP contribution >= 0.6 is 0 Å². The molecule has 0 aliphatic heterocycles. The van der Waals surface area contributed by atoms with Gasteiger partial charge in [-0.15, -0.1) is 0 Å². The van der Waals surface area contributed by atoms with Crippen LogP contribution in [-0.4, -0.2) is 17.7 Å². The molecule has 5 nitrogen and oxygen atoms in total. The molecule has 0 saturated carbocycles. The maximum Gasteiger partial charge on any atom is 0.377 e. The maximum atomic E-state index is 11.4. The van der Waals surface area contributed by atoms with Crippen molar-refractivity contribution >= 4 is 5.97 Å². The Morgan fingerprint density at radius 3 is 2.70 bits per heavy atom. The largest absolute Gasteiger partial charge is 0.460 e. The molecular weight excluding hydrogens is 256 g/mol. The summed E-state index contributed by atoms with van der Waals surface area (Å²) in [6.07, 6.45) is 0.965. The second-order valence-electron chi connectivity index (χ2n) is 4.23. The third-order valence-electron chi connectivity index (χ3n) is 2.73. The van der Waals surface area contributed by atoms with Crippen LogP contribution in [0.4, 0.5) is 0 Å². The fraction of sp³-hybridized carbons (Fsp3) is 0.267. The normalized spacial score (nSPS) is 10.0. The lowest BCUT2D eigenvalue weighted by Gasteiger charge is -1.99. The predicted octanol–water partition coefficient (Wildman–Crippen LogP) is 2.51. The summed E-state index contributed by atoms with van der Waals surface area (Å²) in [5.74, 6) is -0.390. The van der Waals surface area contributed by atoms with Crippen molar-refractivity contribution in [3.05, 3.63) is 52.9 Å². The molecule has 0 spiro atoms. The van der Waals surface area contributed by atoms with Crippen LogP contribution in [0.2, 0.25) is 0 Å². The fourth-order valence-electron chi connectivity index (χ4n) is 1.77. The molecule has 2 aromatic rings. The van der Waals surface area contributed by atoms with E-state index in [1.807, 2.05) is 24.3 Å². The van der Waals surface area contributed by atoms with E-state index in [0.717, 1.165) is 11.1 Å². The number of aromatic nitrogens is 1. The average Bonchev–Trinajstić information content (AvgIpc) is 2.90. The number of nitrogens with zero attached hydrogens (tertiary/aromatic N) is 2. The quantitative estimate of drug-likeness (QED) is 0.780. The minimum Gasteiger partial charge on any atom is -0.460 e. The summed E-state index contributed by atoms with van der Waals surface area (Å²) >= 11 is 0. The molecule has 102 valence electrons. The number of hydrogen-bond donors (Lipinski definition) is 0. The summed E-state index contributed by atoms with van der Waals surface area (Å²) < 4.78 is 9.78. The molecule has 1 heterocycles. The van der Waals surface area contributed by atoms with Gasteiger partial charge in [-0.3, -0.25) is 0 Å². The highest BCUT2D eigenvalue weighted by atomic mass is 16.6. The number of hydrogen-bond acceptors (Lipinski definition) is 5. The molecule has 0 aliphatic carbocycles. The van der Waals surface area contributed by atoms with Crippen molar-refractivity contribution in [2.75, 3.05) is 6.61 Å². The highest BCUT2D eigenvalue weighted by Gasteiger charge is 2.13. The summed E-state index contributed by atoms with van der Waals surface area (Å²) in [6.45, 7) is 2.03. The first kappa shape index (κ1) is 13.8.